The van der Waals surface area contributed by atoms with Crippen molar-refractivity contribution in [3.8, 4) is 0 Å². The lowest BCUT2D eigenvalue weighted by Gasteiger charge is -2.16. The van der Waals surface area contributed by atoms with Crippen molar-refractivity contribution in [3.05, 3.63) is 35.4 Å². The van der Waals surface area contributed by atoms with Gasteiger partial charge < -0.3 is 5.32 Å². The van der Waals surface area contributed by atoms with E-state index in [1.54, 1.807) is 12.1 Å². The molecule has 1 saturated heterocycles. The van der Waals surface area contributed by atoms with Crippen molar-refractivity contribution >= 4 is 0 Å². The highest BCUT2D eigenvalue weighted by Gasteiger charge is 2.21. The molecule has 2 rings (SSSR count). The van der Waals surface area contributed by atoms with Crippen molar-refractivity contribution in [3.63, 3.8) is 0 Å². The van der Waals surface area contributed by atoms with Crippen LogP contribution in [0.2, 0.25) is 0 Å². The lowest BCUT2D eigenvalue weighted by Crippen LogP contribution is -2.24. The summed E-state index contributed by atoms with van der Waals surface area (Å²) in [7, 11) is 1.97. The van der Waals surface area contributed by atoms with E-state index in [9.17, 15) is 8.78 Å². The highest BCUT2D eigenvalue weighted by atomic mass is 19.3. The van der Waals surface area contributed by atoms with Crippen LogP contribution in [-0.4, -0.2) is 31.6 Å². The smallest absolute Gasteiger partial charge is 0.263 e. The van der Waals surface area contributed by atoms with E-state index in [1.165, 1.54) is 12.5 Å². The standard InChI is InChI=1S/C14H20F2N2/c1-17-8-12-5-6-18(10-12)9-11-3-2-4-13(7-11)14(15)16/h2-4,7,12,14,17H,5-6,8-10H2,1H3. The molecule has 1 fully saturated rings. The molecule has 100 valence electrons. The lowest BCUT2D eigenvalue weighted by molar-refractivity contribution is 0.151. The monoisotopic (exact) mass is 254 g/mol. The van der Waals surface area contributed by atoms with Crippen molar-refractivity contribution in [2.45, 2.75) is 19.4 Å². The van der Waals surface area contributed by atoms with Crippen LogP contribution in [0.5, 0.6) is 0 Å². The van der Waals surface area contributed by atoms with Crippen LogP contribution >= 0.6 is 0 Å². The Balaban J connectivity index is 1.92. The molecule has 0 radical (unpaired) electrons. The molecule has 1 aliphatic heterocycles. The number of alkyl halides is 2. The summed E-state index contributed by atoms with van der Waals surface area (Å²) in [5.74, 6) is 0.688. The molecule has 1 aliphatic rings. The van der Waals surface area contributed by atoms with Gasteiger partial charge in [-0.3, -0.25) is 4.90 Å². The van der Waals surface area contributed by atoms with E-state index in [0.717, 1.165) is 31.7 Å². The Morgan fingerprint density at radius 1 is 1.44 bits per heavy atom. The van der Waals surface area contributed by atoms with Crippen LogP contribution in [0.15, 0.2) is 24.3 Å². The van der Waals surface area contributed by atoms with Gasteiger partial charge in [0.25, 0.3) is 6.43 Å². The molecule has 0 aromatic heterocycles. The fourth-order valence-corrected chi connectivity index (χ4v) is 2.60. The van der Waals surface area contributed by atoms with Gasteiger partial charge in [0.05, 0.1) is 0 Å². The molecule has 0 spiro atoms. The largest absolute Gasteiger partial charge is 0.319 e. The number of rotatable bonds is 5. The van der Waals surface area contributed by atoms with Gasteiger partial charge in [-0.1, -0.05) is 18.2 Å². The van der Waals surface area contributed by atoms with Gasteiger partial charge in [-0.25, -0.2) is 8.78 Å². The summed E-state index contributed by atoms with van der Waals surface area (Å²) in [6, 6.07) is 6.76. The minimum Gasteiger partial charge on any atom is -0.319 e. The molecule has 1 unspecified atom stereocenters. The van der Waals surface area contributed by atoms with Gasteiger partial charge in [-0.05, 0) is 44.1 Å². The van der Waals surface area contributed by atoms with Gasteiger partial charge in [-0.2, -0.15) is 0 Å². The Bertz CT molecular complexity index is 382. The topological polar surface area (TPSA) is 15.3 Å². The normalized spacial score (nSPS) is 20.8. The first-order chi connectivity index (χ1) is 8.69. The van der Waals surface area contributed by atoms with Gasteiger partial charge in [0.1, 0.15) is 0 Å². The van der Waals surface area contributed by atoms with Gasteiger partial charge in [0, 0.05) is 18.7 Å². The van der Waals surface area contributed by atoms with Gasteiger partial charge in [0.2, 0.25) is 0 Å². The van der Waals surface area contributed by atoms with Gasteiger partial charge >= 0.3 is 0 Å². The van der Waals surface area contributed by atoms with Gasteiger partial charge in [-0.15, -0.1) is 0 Å². The van der Waals surface area contributed by atoms with Crippen LogP contribution < -0.4 is 5.32 Å². The maximum Gasteiger partial charge on any atom is 0.263 e. The number of likely N-dealkylation sites (tertiary alicyclic amines) is 1. The van der Waals surface area contributed by atoms with Crippen molar-refractivity contribution in [2.75, 3.05) is 26.7 Å². The van der Waals surface area contributed by atoms with Crippen molar-refractivity contribution in [2.24, 2.45) is 5.92 Å². The second-order valence-electron chi connectivity index (χ2n) is 4.99. The van der Waals surface area contributed by atoms with Crippen molar-refractivity contribution in [1.29, 1.82) is 0 Å². The first kappa shape index (κ1) is 13.4. The maximum absolute atomic E-state index is 12.6. The van der Waals surface area contributed by atoms with Crippen LogP contribution in [-0.2, 0) is 6.54 Å². The predicted molar refractivity (Wildman–Crippen MR) is 68.7 cm³/mol. The number of hydrogen-bond acceptors (Lipinski definition) is 2. The third-order valence-corrected chi connectivity index (χ3v) is 3.47. The molecule has 1 atom stereocenters. The van der Waals surface area contributed by atoms with Crippen LogP contribution in [0.1, 0.15) is 24.0 Å². The lowest BCUT2D eigenvalue weighted by atomic mass is 10.1. The molecule has 2 nitrogen and oxygen atoms in total. The first-order valence-corrected chi connectivity index (χ1v) is 6.43. The highest BCUT2D eigenvalue weighted by Crippen LogP contribution is 2.22. The molecular weight excluding hydrogens is 234 g/mol. The Morgan fingerprint density at radius 2 is 2.28 bits per heavy atom. The van der Waals surface area contributed by atoms with Crippen LogP contribution in [0.4, 0.5) is 8.78 Å². The Hall–Kier alpha value is -1.00. The Kier molecular flexibility index (Phi) is 4.66. The minimum atomic E-state index is -2.37. The zero-order chi connectivity index (χ0) is 13.0. The highest BCUT2D eigenvalue weighted by molar-refractivity contribution is 5.24. The molecule has 0 aliphatic carbocycles. The zero-order valence-corrected chi connectivity index (χ0v) is 10.7. The van der Waals surface area contributed by atoms with E-state index < -0.39 is 6.43 Å². The Labute approximate surface area is 107 Å². The fourth-order valence-electron chi connectivity index (χ4n) is 2.60. The van der Waals surface area contributed by atoms with E-state index in [-0.39, 0.29) is 5.56 Å². The maximum atomic E-state index is 12.6. The molecule has 0 bridgehead atoms. The predicted octanol–water partition coefficient (Wildman–Crippen LogP) is 2.67. The molecule has 1 aromatic carbocycles. The zero-order valence-electron chi connectivity index (χ0n) is 10.7. The van der Waals surface area contributed by atoms with E-state index in [1.807, 2.05) is 13.1 Å². The first-order valence-electron chi connectivity index (χ1n) is 6.43. The third kappa shape index (κ3) is 3.50. The summed E-state index contributed by atoms with van der Waals surface area (Å²) in [5.41, 5.74) is 1.11. The summed E-state index contributed by atoms with van der Waals surface area (Å²) in [5, 5.41) is 3.19. The van der Waals surface area contributed by atoms with E-state index >= 15 is 0 Å². The molecule has 4 heteroatoms. The number of benzene rings is 1. The van der Waals surface area contributed by atoms with Crippen molar-refractivity contribution < 1.29 is 8.78 Å². The van der Waals surface area contributed by atoms with Crippen LogP contribution in [0.25, 0.3) is 0 Å². The second kappa shape index (κ2) is 6.25. The average Bonchev–Trinajstić information content (AvgIpc) is 2.77. The van der Waals surface area contributed by atoms with Gasteiger partial charge in [0.15, 0.2) is 0 Å². The number of nitrogens with zero attached hydrogens (tertiary/aromatic N) is 1. The number of nitrogens with one attached hydrogen (secondary N) is 1. The third-order valence-electron chi connectivity index (χ3n) is 3.47. The quantitative estimate of drug-likeness (QED) is 0.869. The Morgan fingerprint density at radius 3 is 3.00 bits per heavy atom. The molecule has 1 N–H and O–H groups in total. The molecular formula is C14H20F2N2. The second-order valence-corrected chi connectivity index (χ2v) is 4.99. The van der Waals surface area contributed by atoms with E-state index in [4.69, 9.17) is 0 Å². The summed E-state index contributed by atoms with van der Waals surface area (Å²) in [6.45, 7) is 3.93. The summed E-state index contributed by atoms with van der Waals surface area (Å²) in [4.78, 5) is 2.34. The average molecular weight is 254 g/mol. The molecule has 1 aromatic rings. The fraction of sp³-hybridized carbons (Fsp3) is 0.571. The molecule has 0 saturated carbocycles. The van der Waals surface area contributed by atoms with E-state index in [2.05, 4.69) is 10.2 Å². The summed E-state index contributed by atoms with van der Waals surface area (Å²) < 4.78 is 25.2. The molecule has 0 amide bonds. The molecule has 18 heavy (non-hydrogen) atoms. The summed E-state index contributed by atoms with van der Waals surface area (Å²) in [6.07, 6.45) is -1.18. The van der Waals surface area contributed by atoms with E-state index in [0.29, 0.717) is 5.92 Å². The molecule has 1 heterocycles. The van der Waals surface area contributed by atoms with Crippen molar-refractivity contribution in [1.82, 2.24) is 10.2 Å². The number of hydrogen-bond donors (Lipinski definition) is 1. The number of halogens is 2. The van der Waals surface area contributed by atoms with Crippen LogP contribution in [0, 0.1) is 5.92 Å². The minimum absolute atomic E-state index is 0.124. The SMILES string of the molecule is CNCC1CCN(Cc2cccc(C(F)F)c2)C1. The van der Waals surface area contributed by atoms with Crippen LogP contribution in [0.3, 0.4) is 0 Å². The summed E-state index contributed by atoms with van der Waals surface area (Å²) >= 11 is 0.